The Morgan fingerprint density at radius 2 is 1.59 bits per heavy atom. The molecule has 1 aliphatic carbocycles. The number of non-ortho nitro benzene ring substituents is 1. The standard InChI is InChI=1S/C35H26ClN3O6S/c36-32-30(46-29-11-4-3-10-28(29)39(43)44)19-27-31(32)25-8-5-9-26(34(25)37-33(27)21-12-15-23(16-13-21)38(41)42)35(40)45-24-17-14-20-6-1-2-7-22(20)18-24/h1-18,27,30-33,37H,19H2. The number of benzene rings is 5. The number of nitrogens with one attached hydrogen (secondary N) is 1. The average molecular weight is 652 g/mol. The Balaban J connectivity index is 1.26. The number of alkyl halides is 1. The molecule has 1 N–H and O–H groups in total. The molecule has 0 spiro atoms. The van der Waals surface area contributed by atoms with Crippen molar-refractivity contribution in [1.82, 2.24) is 0 Å². The van der Waals surface area contributed by atoms with Crippen LogP contribution in [0.25, 0.3) is 10.8 Å². The lowest BCUT2D eigenvalue weighted by molar-refractivity contribution is -0.387. The zero-order valence-electron chi connectivity index (χ0n) is 24.1. The zero-order valence-corrected chi connectivity index (χ0v) is 25.7. The van der Waals surface area contributed by atoms with E-state index in [-0.39, 0.29) is 34.5 Å². The van der Waals surface area contributed by atoms with Gasteiger partial charge in [0, 0.05) is 29.4 Å². The van der Waals surface area contributed by atoms with Crippen LogP contribution in [0.4, 0.5) is 17.1 Å². The molecular weight excluding hydrogens is 626 g/mol. The molecular formula is C35H26ClN3O6S. The highest BCUT2D eigenvalue weighted by molar-refractivity contribution is 8.00. The molecule has 5 atom stereocenters. The van der Waals surface area contributed by atoms with Crippen LogP contribution in [0.1, 0.15) is 39.9 Å². The van der Waals surface area contributed by atoms with Crippen molar-refractivity contribution in [2.45, 2.75) is 33.9 Å². The van der Waals surface area contributed by atoms with Gasteiger partial charge in [-0.05, 0) is 58.5 Å². The Labute approximate surface area is 272 Å². The van der Waals surface area contributed by atoms with Crippen molar-refractivity contribution in [3.05, 3.63) is 146 Å². The Morgan fingerprint density at radius 1 is 0.848 bits per heavy atom. The van der Waals surface area contributed by atoms with Crippen molar-refractivity contribution in [3.63, 3.8) is 0 Å². The van der Waals surface area contributed by atoms with Crippen LogP contribution in [0.2, 0.25) is 0 Å². The second-order valence-corrected chi connectivity index (χ2v) is 13.2. The highest BCUT2D eigenvalue weighted by atomic mass is 35.5. The van der Waals surface area contributed by atoms with E-state index in [1.54, 1.807) is 42.5 Å². The number of fused-ring (bicyclic) bond motifs is 4. The summed E-state index contributed by atoms with van der Waals surface area (Å²) in [5.74, 6) is -0.398. The van der Waals surface area contributed by atoms with E-state index < -0.39 is 21.2 Å². The lowest BCUT2D eigenvalue weighted by atomic mass is 9.76. The van der Waals surface area contributed by atoms with Crippen LogP contribution in [-0.4, -0.2) is 26.4 Å². The summed E-state index contributed by atoms with van der Waals surface area (Å²) in [4.78, 5) is 36.6. The van der Waals surface area contributed by atoms with E-state index in [0.29, 0.717) is 28.3 Å². The molecule has 2 aliphatic rings. The minimum atomic E-state index is -0.532. The minimum absolute atomic E-state index is 0.0235. The molecule has 11 heteroatoms. The molecule has 0 amide bonds. The van der Waals surface area contributed by atoms with Crippen LogP contribution in [0.15, 0.2) is 114 Å². The zero-order chi connectivity index (χ0) is 31.9. The van der Waals surface area contributed by atoms with E-state index in [9.17, 15) is 25.0 Å². The number of rotatable bonds is 7. The molecule has 230 valence electrons. The number of para-hydroxylation sites is 2. The van der Waals surface area contributed by atoms with Gasteiger partial charge < -0.3 is 10.1 Å². The summed E-state index contributed by atoms with van der Waals surface area (Å²) in [5.41, 5.74) is 2.61. The molecule has 7 rings (SSSR count). The summed E-state index contributed by atoms with van der Waals surface area (Å²) in [5, 5.41) is 28.1. The van der Waals surface area contributed by atoms with Crippen LogP contribution < -0.4 is 10.1 Å². The Morgan fingerprint density at radius 3 is 2.35 bits per heavy atom. The van der Waals surface area contributed by atoms with Crippen LogP contribution >= 0.6 is 23.4 Å². The number of thioether (sulfide) groups is 1. The van der Waals surface area contributed by atoms with Crippen molar-refractivity contribution < 1.29 is 19.4 Å². The van der Waals surface area contributed by atoms with Crippen LogP contribution in [0.3, 0.4) is 0 Å². The molecule has 5 aromatic rings. The fourth-order valence-corrected chi connectivity index (χ4v) is 8.65. The lowest BCUT2D eigenvalue weighted by Crippen LogP contribution is -2.32. The SMILES string of the molecule is O=C(Oc1ccc2ccccc2c1)c1cccc2c1NC(c1ccc([N+](=O)[O-])cc1)C1CC(Sc3ccccc3[N+](=O)[O-])C(Cl)C21. The predicted octanol–water partition coefficient (Wildman–Crippen LogP) is 8.91. The van der Waals surface area contributed by atoms with Crippen molar-refractivity contribution in [3.8, 4) is 5.75 Å². The molecule has 1 fully saturated rings. The number of carbonyl (C=O) groups is 1. The van der Waals surface area contributed by atoms with Crippen molar-refractivity contribution in [2.75, 3.05) is 5.32 Å². The van der Waals surface area contributed by atoms with E-state index in [2.05, 4.69) is 5.32 Å². The summed E-state index contributed by atoms with van der Waals surface area (Å²) >= 11 is 8.66. The Hall–Kier alpha value is -4.93. The highest BCUT2D eigenvalue weighted by Crippen LogP contribution is 2.58. The van der Waals surface area contributed by atoms with Gasteiger partial charge in [-0.1, -0.05) is 66.7 Å². The predicted molar refractivity (Wildman–Crippen MR) is 178 cm³/mol. The van der Waals surface area contributed by atoms with Crippen molar-refractivity contribution in [2.24, 2.45) is 5.92 Å². The second-order valence-electron chi connectivity index (χ2n) is 11.4. The maximum atomic E-state index is 13.7. The average Bonchev–Trinajstić information content (AvgIpc) is 3.39. The number of anilines is 1. The van der Waals surface area contributed by atoms with Gasteiger partial charge in [0.1, 0.15) is 5.75 Å². The van der Waals surface area contributed by atoms with E-state index >= 15 is 0 Å². The van der Waals surface area contributed by atoms with Gasteiger partial charge in [0.25, 0.3) is 11.4 Å². The monoisotopic (exact) mass is 651 g/mol. The molecule has 9 nitrogen and oxygen atoms in total. The van der Waals surface area contributed by atoms with E-state index in [1.165, 1.54) is 30.0 Å². The molecule has 1 saturated carbocycles. The molecule has 5 unspecified atom stereocenters. The van der Waals surface area contributed by atoms with E-state index in [1.807, 2.05) is 48.5 Å². The number of hydrogen-bond acceptors (Lipinski definition) is 8. The first-order valence-corrected chi connectivity index (χ1v) is 16.0. The van der Waals surface area contributed by atoms with Gasteiger partial charge in [-0.3, -0.25) is 20.2 Å². The first-order chi connectivity index (χ1) is 22.3. The summed E-state index contributed by atoms with van der Waals surface area (Å²) in [6.45, 7) is 0. The molecule has 1 aliphatic heterocycles. The number of carbonyl (C=O) groups excluding carboxylic acids is 1. The summed E-state index contributed by atoms with van der Waals surface area (Å²) in [6, 6.07) is 31.4. The smallest absolute Gasteiger partial charge is 0.345 e. The van der Waals surface area contributed by atoms with Crippen molar-refractivity contribution >= 4 is 57.2 Å². The molecule has 46 heavy (non-hydrogen) atoms. The van der Waals surface area contributed by atoms with Gasteiger partial charge in [0.15, 0.2) is 0 Å². The Kier molecular flexibility index (Phi) is 7.84. The fraction of sp³-hybridized carbons (Fsp3) is 0.171. The summed E-state index contributed by atoms with van der Waals surface area (Å²) in [6.07, 6.45) is 0.620. The molecule has 0 radical (unpaired) electrons. The molecule has 0 aromatic heterocycles. The van der Waals surface area contributed by atoms with Crippen LogP contribution in [-0.2, 0) is 0 Å². The van der Waals surface area contributed by atoms with Gasteiger partial charge >= 0.3 is 5.97 Å². The minimum Gasteiger partial charge on any atom is -0.423 e. The molecule has 0 saturated heterocycles. The quantitative estimate of drug-likeness (QED) is 0.0608. The summed E-state index contributed by atoms with van der Waals surface area (Å²) in [7, 11) is 0. The van der Waals surface area contributed by atoms with Gasteiger partial charge in [0.2, 0.25) is 0 Å². The molecule has 5 aromatic carbocycles. The fourth-order valence-electron chi connectivity index (χ4n) is 6.71. The second kappa shape index (κ2) is 12.1. The van der Waals surface area contributed by atoms with Gasteiger partial charge in [-0.15, -0.1) is 23.4 Å². The highest BCUT2D eigenvalue weighted by Gasteiger charge is 2.51. The first-order valence-electron chi connectivity index (χ1n) is 14.7. The van der Waals surface area contributed by atoms with E-state index in [0.717, 1.165) is 21.9 Å². The number of nitro benzene ring substituents is 2. The number of halogens is 1. The van der Waals surface area contributed by atoms with E-state index in [4.69, 9.17) is 16.3 Å². The van der Waals surface area contributed by atoms with Crippen molar-refractivity contribution in [1.29, 1.82) is 0 Å². The molecule has 1 heterocycles. The summed E-state index contributed by atoms with van der Waals surface area (Å²) < 4.78 is 5.88. The number of nitrogens with zero attached hydrogens (tertiary/aromatic N) is 2. The van der Waals surface area contributed by atoms with Gasteiger partial charge in [-0.25, -0.2) is 4.79 Å². The third-order valence-electron chi connectivity index (χ3n) is 8.80. The topological polar surface area (TPSA) is 125 Å². The van der Waals surface area contributed by atoms with Gasteiger partial charge in [0.05, 0.1) is 37.4 Å². The largest absolute Gasteiger partial charge is 0.423 e. The van der Waals surface area contributed by atoms with Gasteiger partial charge in [-0.2, -0.15) is 0 Å². The third-order valence-corrected chi connectivity index (χ3v) is 10.9. The number of esters is 1. The normalized spacial score (nSPS) is 21.5. The third kappa shape index (κ3) is 5.44. The first kappa shape index (κ1) is 29.8. The lowest BCUT2D eigenvalue weighted by Gasteiger charge is -2.39. The maximum absolute atomic E-state index is 13.7. The van der Waals surface area contributed by atoms with Crippen LogP contribution in [0.5, 0.6) is 5.75 Å². The van der Waals surface area contributed by atoms with Crippen LogP contribution in [0, 0.1) is 26.1 Å². The number of hydrogen-bond donors (Lipinski definition) is 1. The Bertz CT molecular complexity index is 2000. The number of nitro groups is 2. The maximum Gasteiger partial charge on any atom is 0.345 e. The number of ether oxygens (including phenoxy) is 1. The molecule has 0 bridgehead atoms.